The predicted octanol–water partition coefficient (Wildman–Crippen LogP) is 0.970. The molecule has 0 unspecified atom stereocenters. The van der Waals surface area contributed by atoms with Crippen molar-refractivity contribution < 1.29 is 14.7 Å². The fourth-order valence-electron chi connectivity index (χ4n) is 2.25. The van der Waals surface area contributed by atoms with E-state index in [0.717, 1.165) is 25.0 Å². The molecule has 1 aliphatic rings. The average Bonchev–Trinajstić information content (AvgIpc) is 2.36. The summed E-state index contributed by atoms with van der Waals surface area (Å²) in [5.41, 5.74) is 4.67. The molecular formula is C12H22N2O3S. The Labute approximate surface area is 112 Å². The topological polar surface area (TPSA) is 92.4 Å². The number of thioether (sulfide) groups is 1. The SMILES string of the molecule is CSCC[C@@H](N)C(=O)NC1(C(=O)O)CCCCC1. The highest BCUT2D eigenvalue weighted by Crippen LogP contribution is 2.28. The van der Waals surface area contributed by atoms with Crippen LogP contribution in [0.4, 0.5) is 0 Å². The number of nitrogens with one attached hydrogen (secondary N) is 1. The molecule has 6 heteroatoms. The van der Waals surface area contributed by atoms with Crippen LogP contribution in [0, 0.1) is 0 Å². The lowest BCUT2D eigenvalue weighted by atomic mass is 9.81. The number of carbonyl (C=O) groups is 2. The molecule has 1 aliphatic carbocycles. The summed E-state index contributed by atoms with van der Waals surface area (Å²) in [7, 11) is 0. The number of carboxylic acids is 1. The highest BCUT2D eigenvalue weighted by atomic mass is 32.2. The number of rotatable bonds is 6. The fourth-order valence-corrected chi connectivity index (χ4v) is 2.74. The number of aliphatic carboxylic acids is 1. The lowest BCUT2D eigenvalue weighted by molar-refractivity contribution is -0.149. The van der Waals surface area contributed by atoms with E-state index in [-0.39, 0.29) is 5.91 Å². The van der Waals surface area contributed by atoms with Crippen LogP contribution in [0.25, 0.3) is 0 Å². The molecule has 1 atom stereocenters. The van der Waals surface area contributed by atoms with E-state index in [2.05, 4.69) is 5.32 Å². The normalized spacial score (nSPS) is 20.1. The zero-order valence-corrected chi connectivity index (χ0v) is 11.6. The highest BCUT2D eigenvalue weighted by Gasteiger charge is 2.41. The fraction of sp³-hybridized carbons (Fsp3) is 0.833. The monoisotopic (exact) mass is 274 g/mol. The van der Waals surface area contributed by atoms with Crippen molar-refractivity contribution in [2.24, 2.45) is 5.73 Å². The average molecular weight is 274 g/mol. The second kappa shape index (κ2) is 6.99. The van der Waals surface area contributed by atoms with Gasteiger partial charge in [0.25, 0.3) is 0 Å². The van der Waals surface area contributed by atoms with Crippen molar-refractivity contribution in [1.82, 2.24) is 5.32 Å². The largest absolute Gasteiger partial charge is 0.480 e. The molecule has 1 rings (SSSR count). The smallest absolute Gasteiger partial charge is 0.329 e. The van der Waals surface area contributed by atoms with E-state index in [1.54, 1.807) is 11.8 Å². The standard InChI is InChI=1S/C12H22N2O3S/c1-18-8-5-9(13)10(15)14-12(11(16)17)6-3-2-4-7-12/h9H,2-8,13H2,1H3,(H,14,15)(H,16,17)/t9-/m1/s1. The van der Waals surface area contributed by atoms with Gasteiger partial charge in [-0.05, 0) is 31.3 Å². The maximum atomic E-state index is 11.9. The molecule has 0 aromatic carbocycles. The van der Waals surface area contributed by atoms with Crippen molar-refractivity contribution in [3.63, 3.8) is 0 Å². The van der Waals surface area contributed by atoms with Crippen molar-refractivity contribution in [3.05, 3.63) is 0 Å². The van der Waals surface area contributed by atoms with Crippen LogP contribution in [0.15, 0.2) is 0 Å². The molecule has 1 saturated carbocycles. The van der Waals surface area contributed by atoms with Gasteiger partial charge in [0.05, 0.1) is 6.04 Å². The van der Waals surface area contributed by atoms with E-state index in [1.807, 2.05) is 6.26 Å². The first-order valence-corrected chi connectivity index (χ1v) is 7.71. The molecule has 104 valence electrons. The zero-order chi connectivity index (χ0) is 13.6. The Morgan fingerprint density at radius 3 is 2.50 bits per heavy atom. The van der Waals surface area contributed by atoms with Gasteiger partial charge in [0.2, 0.25) is 5.91 Å². The summed E-state index contributed by atoms with van der Waals surface area (Å²) < 4.78 is 0. The Hall–Kier alpha value is -0.750. The molecular weight excluding hydrogens is 252 g/mol. The third-order valence-corrected chi connectivity index (χ3v) is 4.09. The Balaban J connectivity index is 2.60. The molecule has 0 spiro atoms. The van der Waals surface area contributed by atoms with Gasteiger partial charge in [0.1, 0.15) is 5.54 Å². The molecule has 4 N–H and O–H groups in total. The number of amides is 1. The lowest BCUT2D eigenvalue weighted by Crippen LogP contribution is -2.59. The predicted molar refractivity (Wildman–Crippen MR) is 72.6 cm³/mol. The molecule has 5 nitrogen and oxygen atoms in total. The van der Waals surface area contributed by atoms with Crippen molar-refractivity contribution in [3.8, 4) is 0 Å². The van der Waals surface area contributed by atoms with Crippen LogP contribution in [0.5, 0.6) is 0 Å². The van der Waals surface area contributed by atoms with E-state index in [4.69, 9.17) is 5.73 Å². The van der Waals surface area contributed by atoms with Gasteiger partial charge in [0.15, 0.2) is 0 Å². The Morgan fingerprint density at radius 1 is 1.39 bits per heavy atom. The van der Waals surface area contributed by atoms with Crippen LogP contribution in [-0.2, 0) is 9.59 Å². The van der Waals surface area contributed by atoms with Crippen LogP contribution in [-0.4, -0.2) is 40.6 Å². The number of hydrogen-bond acceptors (Lipinski definition) is 4. The minimum absolute atomic E-state index is 0.339. The molecule has 0 aromatic rings. The van der Waals surface area contributed by atoms with Crippen molar-refractivity contribution in [2.45, 2.75) is 50.1 Å². The molecule has 0 aromatic heterocycles. The van der Waals surface area contributed by atoms with E-state index >= 15 is 0 Å². The van der Waals surface area contributed by atoms with Crippen molar-refractivity contribution >= 4 is 23.6 Å². The van der Waals surface area contributed by atoms with Gasteiger partial charge in [-0.2, -0.15) is 11.8 Å². The van der Waals surface area contributed by atoms with E-state index in [1.165, 1.54) is 0 Å². The molecule has 1 amide bonds. The Kier molecular flexibility index (Phi) is 5.95. The van der Waals surface area contributed by atoms with Gasteiger partial charge in [-0.1, -0.05) is 19.3 Å². The third-order valence-electron chi connectivity index (χ3n) is 3.45. The van der Waals surface area contributed by atoms with Crippen LogP contribution in [0.2, 0.25) is 0 Å². The minimum atomic E-state index is -1.09. The molecule has 0 aliphatic heterocycles. The van der Waals surface area contributed by atoms with Gasteiger partial charge in [0, 0.05) is 0 Å². The van der Waals surface area contributed by atoms with Gasteiger partial charge in [-0.3, -0.25) is 4.79 Å². The summed E-state index contributed by atoms with van der Waals surface area (Å²) in [5, 5.41) is 12.0. The first kappa shape index (κ1) is 15.3. The van der Waals surface area contributed by atoms with E-state index < -0.39 is 17.6 Å². The lowest BCUT2D eigenvalue weighted by Gasteiger charge is -2.34. The molecule has 0 saturated heterocycles. The number of nitrogens with two attached hydrogens (primary N) is 1. The Morgan fingerprint density at radius 2 is 2.00 bits per heavy atom. The molecule has 0 heterocycles. The Bertz CT molecular complexity index is 304. The molecule has 18 heavy (non-hydrogen) atoms. The number of carboxylic acid groups (broad SMARTS) is 1. The minimum Gasteiger partial charge on any atom is -0.480 e. The van der Waals surface area contributed by atoms with Gasteiger partial charge >= 0.3 is 5.97 Å². The van der Waals surface area contributed by atoms with E-state index in [9.17, 15) is 14.7 Å². The van der Waals surface area contributed by atoms with Crippen LogP contribution >= 0.6 is 11.8 Å². The molecule has 0 bridgehead atoms. The number of carbonyl (C=O) groups excluding carboxylic acids is 1. The molecule has 0 radical (unpaired) electrons. The summed E-state index contributed by atoms with van der Waals surface area (Å²) in [6, 6.07) is -0.615. The maximum absolute atomic E-state index is 11.9. The van der Waals surface area contributed by atoms with Crippen molar-refractivity contribution in [1.29, 1.82) is 0 Å². The van der Waals surface area contributed by atoms with Gasteiger partial charge in [-0.25, -0.2) is 4.79 Å². The quantitative estimate of drug-likeness (QED) is 0.671. The first-order valence-electron chi connectivity index (χ1n) is 6.32. The molecule has 1 fully saturated rings. The summed E-state index contributed by atoms with van der Waals surface area (Å²) in [5.74, 6) is -0.477. The number of hydrogen-bond donors (Lipinski definition) is 3. The van der Waals surface area contributed by atoms with Crippen LogP contribution in [0.1, 0.15) is 38.5 Å². The highest BCUT2D eigenvalue weighted by molar-refractivity contribution is 7.98. The van der Waals surface area contributed by atoms with Crippen LogP contribution in [0.3, 0.4) is 0 Å². The summed E-state index contributed by atoms with van der Waals surface area (Å²) in [4.78, 5) is 23.3. The van der Waals surface area contributed by atoms with Crippen LogP contribution < -0.4 is 11.1 Å². The maximum Gasteiger partial charge on any atom is 0.329 e. The second-order valence-electron chi connectivity index (χ2n) is 4.83. The van der Waals surface area contributed by atoms with Crippen molar-refractivity contribution in [2.75, 3.05) is 12.0 Å². The first-order chi connectivity index (χ1) is 8.52. The third kappa shape index (κ3) is 3.88. The zero-order valence-electron chi connectivity index (χ0n) is 10.8. The van der Waals surface area contributed by atoms with Gasteiger partial charge in [-0.15, -0.1) is 0 Å². The summed E-state index contributed by atoms with van der Waals surface area (Å²) in [6.45, 7) is 0. The van der Waals surface area contributed by atoms with Gasteiger partial charge < -0.3 is 16.2 Å². The second-order valence-corrected chi connectivity index (χ2v) is 5.81. The van der Waals surface area contributed by atoms with E-state index in [0.29, 0.717) is 19.3 Å². The summed E-state index contributed by atoms with van der Waals surface area (Å²) >= 11 is 1.62. The summed E-state index contributed by atoms with van der Waals surface area (Å²) in [6.07, 6.45) is 6.24.